The summed E-state index contributed by atoms with van der Waals surface area (Å²) in [6.45, 7) is 0. The number of hydrogen-bond donors (Lipinski definition) is 0. The second-order valence-electron chi connectivity index (χ2n) is 11.4. The third kappa shape index (κ3) is 4.54. The molecule has 0 aliphatic carbocycles. The van der Waals surface area contributed by atoms with E-state index in [9.17, 15) is 0 Å². The molecule has 2 nitrogen and oxygen atoms in total. The molecule has 2 heterocycles. The summed E-state index contributed by atoms with van der Waals surface area (Å²) in [5, 5.41) is 5.13. The van der Waals surface area contributed by atoms with Gasteiger partial charge in [-0.3, -0.25) is 0 Å². The Hall–Kier alpha value is -5.42. The van der Waals surface area contributed by atoms with Crippen molar-refractivity contribution in [3.63, 3.8) is 0 Å². The maximum absolute atomic E-state index is 2.43. The number of nitrogens with zero attached hydrogens (tertiary/aromatic N) is 2. The molecule has 218 valence electrons. The lowest BCUT2D eigenvalue weighted by molar-refractivity contribution is 1.29. The molecule has 0 aliphatic heterocycles. The van der Waals surface area contributed by atoms with Gasteiger partial charge in [0.1, 0.15) is 0 Å². The zero-order valence-corrected chi connectivity index (χ0v) is 26.5. The number of benzene rings is 7. The van der Waals surface area contributed by atoms with Crippen molar-refractivity contribution in [1.82, 2.24) is 0 Å². The standard InChI is InChI=1S/C42H28N2S2/c1-4-13-29(14-5-1)43(30-15-6-2-7-16-30)32-23-25-39-35(27-32)36-28-33(24-26-40(36)45-39)44(31-17-8-3-9-18-31)37-20-12-22-41-42(37)34-19-10-11-21-38(34)46-41/h1-28H. The van der Waals surface area contributed by atoms with Crippen molar-refractivity contribution >= 4 is 97.1 Å². The zero-order chi connectivity index (χ0) is 30.5. The van der Waals surface area contributed by atoms with Crippen molar-refractivity contribution in [1.29, 1.82) is 0 Å². The molecule has 2 aromatic heterocycles. The summed E-state index contributed by atoms with van der Waals surface area (Å²) < 4.78 is 5.18. The molecule has 0 radical (unpaired) electrons. The number of rotatable bonds is 6. The molecule has 0 saturated heterocycles. The minimum Gasteiger partial charge on any atom is -0.310 e. The first-order chi connectivity index (χ1) is 22.8. The minimum absolute atomic E-state index is 1.14. The predicted molar refractivity (Wildman–Crippen MR) is 202 cm³/mol. The van der Waals surface area contributed by atoms with Crippen LogP contribution < -0.4 is 9.80 Å². The lowest BCUT2D eigenvalue weighted by Gasteiger charge is -2.26. The van der Waals surface area contributed by atoms with E-state index in [0.29, 0.717) is 0 Å². The van der Waals surface area contributed by atoms with Gasteiger partial charge in [0.05, 0.1) is 5.69 Å². The highest BCUT2D eigenvalue weighted by Gasteiger charge is 2.20. The normalized spacial score (nSPS) is 11.5. The molecule has 46 heavy (non-hydrogen) atoms. The van der Waals surface area contributed by atoms with Crippen LogP contribution in [0.3, 0.4) is 0 Å². The molecule has 4 heteroatoms. The lowest BCUT2D eigenvalue weighted by Crippen LogP contribution is -2.10. The minimum atomic E-state index is 1.14. The third-order valence-corrected chi connectivity index (χ3v) is 10.9. The Labute approximate surface area is 275 Å². The highest BCUT2D eigenvalue weighted by Crippen LogP contribution is 2.47. The monoisotopic (exact) mass is 624 g/mol. The Morgan fingerprint density at radius 2 is 0.761 bits per heavy atom. The molecular weight excluding hydrogens is 597 g/mol. The highest BCUT2D eigenvalue weighted by atomic mass is 32.1. The Bertz CT molecular complexity index is 2440. The van der Waals surface area contributed by atoms with E-state index in [2.05, 4.69) is 180 Å². The van der Waals surface area contributed by atoms with E-state index in [1.807, 2.05) is 22.7 Å². The number of fused-ring (bicyclic) bond motifs is 6. The first-order valence-electron chi connectivity index (χ1n) is 15.4. The van der Waals surface area contributed by atoms with E-state index in [-0.39, 0.29) is 0 Å². The molecule has 9 rings (SSSR count). The largest absolute Gasteiger partial charge is 0.310 e. The average molecular weight is 625 g/mol. The van der Waals surface area contributed by atoms with Crippen LogP contribution in [0.1, 0.15) is 0 Å². The van der Waals surface area contributed by atoms with Crippen molar-refractivity contribution < 1.29 is 0 Å². The number of anilines is 6. The molecule has 9 aromatic rings. The zero-order valence-electron chi connectivity index (χ0n) is 24.9. The fraction of sp³-hybridized carbons (Fsp3) is 0. The summed E-state index contributed by atoms with van der Waals surface area (Å²) >= 11 is 3.72. The SMILES string of the molecule is c1ccc(N(c2ccccc2)c2ccc3sc4ccc(N(c5ccccc5)c5cccc6sc7ccccc7c56)cc4c3c2)cc1. The Morgan fingerprint density at radius 1 is 0.304 bits per heavy atom. The first-order valence-corrected chi connectivity index (χ1v) is 17.1. The first kappa shape index (κ1) is 26.9. The molecule has 0 unspecified atom stereocenters. The van der Waals surface area contributed by atoms with Crippen LogP contribution in [-0.4, -0.2) is 0 Å². The van der Waals surface area contributed by atoms with E-state index in [0.717, 1.165) is 28.4 Å². The van der Waals surface area contributed by atoms with Crippen molar-refractivity contribution in [2.45, 2.75) is 0 Å². The van der Waals surface area contributed by atoms with E-state index in [1.54, 1.807) is 0 Å². The second-order valence-corrected chi connectivity index (χ2v) is 13.6. The quantitative estimate of drug-likeness (QED) is 0.182. The molecule has 0 atom stereocenters. The van der Waals surface area contributed by atoms with Crippen molar-refractivity contribution in [2.24, 2.45) is 0 Å². The van der Waals surface area contributed by atoms with E-state index < -0.39 is 0 Å². The van der Waals surface area contributed by atoms with Gasteiger partial charge in [0.15, 0.2) is 0 Å². The van der Waals surface area contributed by atoms with Crippen LogP contribution in [0.2, 0.25) is 0 Å². The van der Waals surface area contributed by atoms with Gasteiger partial charge in [-0.1, -0.05) is 78.9 Å². The van der Waals surface area contributed by atoms with Crippen LogP contribution in [-0.2, 0) is 0 Å². The van der Waals surface area contributed by atoms with Crippen molar-refractivity contribution in [3.05, 3.63) is 170 Å². The van der Waals surface area contributed by atoms with E-state index in [4.69, 9.17) is 0 Å². The van der Waals surface area contributed by atoms with Crippen LogP contribution in [0, 0.1) is 0 Å². The van der Waals surface area contributed by atoms with Gasteiger partial charge in [-0.2, -0.15) is 0 Å². The molecular formula is C42H28N2S2. The fourth-order valence-electron chi connectivity index (χ4n) is 6.58. The van der Waals surface area contributed by atoms with Crippen LogP contribution in [0.15, 0.2) is 170 Å². The summed E-state index contributed by atoms with van der Waals surface area (Å²) in [4.78, 5) is 4.76. The Morgan fingerprint density at radius 3 is 1.37 bits per heavy atom. The maximum Gasteiger partial charge on any atom is 0.0554 e. The Balaban J connectivity index is 1.26. The summed E-state index contributed by atoms with van der Waals surface area (Å²) in [6.07, 6.45) is 0. The number of thiophene rings is 2. The van der Waals surface area contributed by atoms with Gasteiger partial charge >= 0.3 is 0 Å². The molecule has 0 saturated carbocycles. The highest BCUT2D eigenvalue weighted by molar-refractivity contribution is 7.26. The molecule has 0 spiro atoms. The van der Waals surface area contributed by atoms with Crippen LogP contribution >= 0.6 is 22.7 Å². The number of hydrogen-bond acceptors (Lipinski definition) is 4. The van der Waals surface area contributed by atoms with Crippen molar-refractivity contribution in [3.8, 4) is 0 Å². The third-order valence-electron chi connectivity index (χ3n) is 8.62. The molecule has 0 N–H and O–H groups in total. The predicted octanol–water partition coefficient (Wildman–Crippen LogP) is 13.4. The van der Waals surface area contributed by atoms with Gasteiger partial charge in [-0.25, -0.2) is 0 Å². The van der Waals surface area contributed by atoms with Gasteiger partial charge in [-0.15, -0.1) is 22.7 Å². The fourth-order valence-corrected chi connectivity index (χ4v) is 8.77. The topological polar surface area (TPSA) is 6.48 Å². The molecule has 7 aromatic carbocycles. The molecule has 0 fully saturated rings. The van der Waals surface area contributed by atoms with Crippen LogP contribution in [0.25, 0.3) is 40.3 Å². The molecule has 0 aliphatic rings. The lowest BCUT2D eigenvalue weighted by atomic mass is 10.1. The Kier molecular flexibility index (Phi) is 6.55. The summed E-state index contributed by atoms with van der Waals surface area (Å²) in [5.74, 6) is 0. The van der Waals surface area contributed by atoms with Gasteiger partial charge in [-0.05, 0) is 91.0 Å². The van der Waals surface area contributed by atoms with E-state index >= 15 is 0 Å². The van der Waals surface area contributed by atoms with Crippen LogP contribution in [0.4, 0.5) is 34.1 Å². The van der Waals surface area contributed by atoms with E-state index in [1.165, 1.54) is 46.0 Å². The molecule has 0 amide bonds. The van der Waals surface area contributed by atoms with Crippen LogP contribution in [0.5, 0.6) is 0 Å². The van der Waals surface area contributed by atoms with Gasteiger partial charge in [0.2, 0.25) is 0 Å². The van der Waals surface area contributed by atoms with Gasteiger partial charge < -0.3 is 9.80 Å². The van der Waals surface area contributed by atoms with Gasteiger partial charge in [0, 0.05) is 68.8 Å². The van der Waals surface area contributed by atoms with Crippen molar-refractivity contribution in [2.75, 3.05) is 9.80 Å². The second kappa shape index (κ2) is 11.2. The maximum atomic E-state index is 2.43. The van der Waals surface area contributed by atoms with Gasteiger partial charge in [0.25, 0.3) is 0 Å². The number of para-hydroxylation sites is 3. The smallest absolute Gasteiger partial charge is 0.0554 e. The summed E-state index contributed by atoms with van der Waals surface area (Å²) in [7, 11) is 0. The summed E-state index contributed by atoms with van der Waals surface area (Å²) in [6, 6.07) is 61.3. The summed E-state index contributed by atoms with van der Waals surface area (Å²) in [5.41, 5.74) is 6.91. The molecule has 0 bridgehead atoms. The average Bonchev–Trinajstić information content (AvgIpc) is 3.68.